The molecule has 306 valence electrons. The predicted octanol–water partition coefficient (Wildman–Crippen LogP) is 17.5. The summed E-state index contributed by atoms with van der Waals surface area (Å²) in [5.41, 5.74) is 18.7. The molecule has 0 radical (unpaired) electrons. The topological polar surface area (TPSA) is 29.5 Å². The molecule has 2 heterocycles. The molecule has 0 saturated heterocycles. The molecular formula is C62H41NO2. The summed E-state index contributed by atoms with van der Waals surface area (Å²) >= 11 is 0. The van der Waals surface area contributed by atoms with Crippen LogP contribution < -0.4 is 4.90 Å². The van der Waals surface area contributed by atoms with Crippen LogP contribution in [0.3, 0.4) is 0 Å². The molecule has 10 aromatic carbocycles. The van der Waals surface area contributed by atoms with Gasteiger partial charge in [0, 0.05) is 55.0 Å². The van der Waals surface area contributed by atoms with E-state index in [0.717, 1.165) is 101 Å². The number of hydrogen-bond acceptors (Lipinski definition) is 3. The number of rotatable bonds is 7. The van der Waals surface area contributed by atoms with E-state index in [1.54, 1.807) is 0 Å². The highest BCUT2D eigenvalue weighted by atomic mass is 16.3. The van der Waals surface area contributed by atoms with Crippen molar-refractivity contribution in [2.45, 2.75) is 12.8 Å². The zero-order chi connectivity index (χ0) is 42.8. The van der Waals surface area contributed by atoms with E-state index in [1.165, 1.54) is 38.8 Å². The second kappa shape index (κ2) is 15.1. The quantitative estimate of drug-likeness (QED) is 0.160. The number of nitrogens with zero attached hydrogens (tertiary/aromatic N) is 1. The lowest BCUT2D eigenvalue weighted by Gasteiger charge is -2.28. The van der Waals surface area contributed by atoms with Crippen molar-refractivity contribution in [3.8, 4) is 33.4 Å². The van der Waals surface area contributed by atoms with Gasteiger partial charge in [0.25, 0.3) is 0 Å². The first kappa shape index (κ1) is 37.2. The highest BCUT2D eigenvalue weighted by Crippen LogP contribution is 2.46. The fourth-order valence-electron chi connectivity index (χ4n) is 10.2. The molecule has 65 heavy (non-hydrogen) atoms. The smallest absolute Gasteiger partial charge is 0.143 e. The molecule has 1 aliphatic carbocycles. The molecule has 13 rings (SSSR count). The maximum atomic E-state index is 6.92. The molecule has 3 heteroatoms. The van der Waals surface area contributed by atoms with Gasteiger partial charge < -0.3 is 13.7 Å². The van der Waals surface area contributed by atoms with Gasteiger partial charge in [-0.2, -0.15) is 0 Å². The van der Waals surface area contributed by atoms with Crippen molar-refractivity contribution < 1.29 is 8.83 Å². The van der Waals surface area contributed by atoms with Crippen molar-refractivity contribution in [1.82, 2.24) is 0 Å². The Kier molecular flexibility index (Phi) is 8.67. The summed E-state index contributed by atoms with van der Waals surface area (Å²) in [6, 6.07) is 78.5. The Balaban J connectivity index is 0.926. The maximum absolute atomic E-state index is 6.92. The van der Waals surface area contributed by atoms with Gasteiger partial charge in [0.2, 0.25) is 0 Å². The third kappa shape index (κ3) is 6.19. The summed E-state index contributed by atoms with van der Waals surface area (Å²) in [5, 5.41) is 6.76. The van der Waals surface area contributed by atoms with Crippen LogP contribution in [0.2, 0.25) is 0 Å². The second-order valence-corrected chi connectivity index (χ2v) is 17.1. The number of furan rings is 2. The highest BCUT2D eigenvalue weighted by Gasteiger charge is 2.22. The number of hydrogen-bond donors (Lipinski definition) is 0. The first-order chi connectivity index (χ1) is 32.2. The lowest BCUT2D eigenvalue weighted by Crippen LogP contribution is -2.11. The van der Waals surface area contributed by atoms with Crippen LogP contribution >= 0.6 is 0 Å². The Morgan fingerprint density at radius 1 is 0.338 bits per heavy atom. The van der Waals surface area contributed by atoms with Crippen molar-refractivity contribution in [2.24, 2.45) is 0 Å². The molecule has 0 N–H and O–H groups in total. The molecule has 0 spiro atoms. The fourth-order valence-corrected chi connectivity index (χ4v) is 10.2. The van der Waals surface area contributed by atoms with Gasteiger partial charge in [-0.25, -0.2) is 0 Å². The number of aryl methyl sites for hydroxylation is 1. The summed E-state index contributed by atoms with van der Waals surface area (Å²) in [5.74, 6) is 0. The number of fused-ring (bicyclic) bond motifs is 9. The van der Waals surface area contributed by atoms with Crippen LogP contribution in [0.15, 0.2) is 233 Å². The SMILES string of the molecule is C1=C(c2ccc(-c3ccc(N(c4ccc(-c5cccc6c5oc5ccccc56)cc4)c4ccccc4-c4cccc5c4oc4c6ccccc6ccc54)cc3)cc2)c2ccccc2CC1. The van der Waals surface area contributed by atoms with E-state index < -0.39 is 0 Å². The predicted molar refractivity (Wildman–Crippen MR) is 271 cm³/mol. The molecular weight excluding hydrogens is 791 g/mol. The van der Waals surface area contributed by atoms with Crippen LogP contribution in [0.5, 0.6) is 0 Å². The maximum Gasteiger partial charge on any atom is 0.143 e. The number of allylic oxidation sites excluding steroid dienone is 1. The van der Waals surface area contributed by atoms with E-state index in [1.807, 2.05) is 12.1 Å². The summed E-state index contributed by atoms with van der Waals surface area (Å²) in [6.07, 6.45) is 4.56. The molecule has 0 amide bonds. The molecule has 0 aliphatic heterocycles. The highest BCUT2D eigenvalue weighted by molar-refractivity contribution is 6.18. The number of benzene rings is 10. The number of para-hydroxylation sites is 4. The second-order valence-electron chi connectivity index (χ2n) is 17.1. The van der Waals surface area contributed by atoms with Crippen molar-refractivity contribution in [3.05, 3.63) is 241 Å². The van der Waals surface area contributed by atoms with E-state index in [9.17, 15) is 0 Å². The number of anilines is 3. The van der Waals surface area contributed by atoms with E-state index in [-0.39, 0.29) is 0 Å². The third-order valence-electron chi connectivity index (χ3n) is 13.4. The summed E-state index contributed by atoms with van der Waals surface area (Å²) < 4.78 is 13.4. The largest absolute Gasteiger partial charge is 0.455 e. The lowest BCUT2D eigenvalue weighted by atomic mass is 9.86. The standard InChI is InChI=1S/C62H41NO2/c1-3-15-48-42(12-1)14-9-19-49(48)44-28-26-40(27-29-44)41-30-35-46(36-31-41)63(47-37-32-45(33-38-47)51-20-10-22-55-53-18-6-8-25-59(53)64-60(51)55)58-24-7-5-17-52(58)54-21-11-23-56-57-39-34-43-13-2-4-16-50(43)61(57)65-62(54)56/h1-8,10-13,15-39H,9,14H2. The first-order valence-corrected chi connectivity index (χ1v) is 22.5. The van der Waals surface area contributed by atoms with Crippen molar-refractivity contribution in [3.63, 3.8) is 0 Å². The molecule has 3 nitrogen and oxygen atoms in total. The minimum Gasteiger partial charge on any atom is -0.455 e. The molecule has 0 saturated carbocycles. The van der Waals surface area contributed by atoms with Gasteiger partial charge in [0.05, 0.1) is 5.69 Å². The Labute approximate surface area is 376 Å². The normalized spacial score (nSPS) is 12.6. The molecule has 0 unspecified atom stereocenters. The van der Waals surface area contributed by atoms with Crippen molar-refractivity contribution in [2.75, 3.05) is 4.90 Å². The van der Waals surface area contributed by atoms with E-state index in [2.05, 4.69) is 217 Å². The Morgan fingerprint density at radius 3 is 1.69 bits per heavy atom. The Morgan fingerprint density at radius 2 is 0.892 bits per heavy atom. The molecule has 0 atom stereocenters. The van der Waals surface area contributed by atoms with Gasteiger partial charge >= 0.3 is 0 Å². The molecule has 0 fully saturated rings. The zero-order valence-electron chi connectivity index (χ0n) is 35.5. The monoisotopic (exact) mass is 831 g/mol. The van der Waals surface area contributed by atoms with E-state index >= 15 is 0 Å². The summed E-state index contributed by atoms with van der Waals surface area (Å²) in [6.45, 7) is 0. The summed E-state index contributed by atoms with van der Waals surface area (Å²) in [7, 11) is 0. The van der Waals surface area contributed by atoms with Crippen molar-refractivity contribution in [1.29, 1.82) is 0 Å². The van der Waals surface area contributed by atoms with Crippen LogP contribution in [0.1, 0.15) is 23.1 Å². The zero-order valence-corrected chi connectivity index (χ0v) is 35.5. The molecule has 1 aliphatic rings. The first-order valence-electron chi connectivity index (χ1n) is 22.5. The van der Waals surface area contributed by atoms with Gasteiger partial charge in [0.15, 0.2) is 0 Å². The van der Waals surface area contributed by atoms with Crippen LogP contribution in [-0.4, -0.2) is 0 Å². The third-order valence-corrected chi connectivity index (χ3v) is 13.4. The minimum absolute atomic E-state index is 0.881. The van der Waals surface area contributed by atoms with Crippen LogP contribution in [0.4, 0.5) is 17.1 Å². The molecule has 0 bridgehead atoms. The lowest BCUT2D eigenvalue weighted by molar-refractivity contribution is 0.670. The van der Waals surface area contributed by atoms with E-state index in [4.69, 9.17) is 8.83 Å². The van der Waals surface area contributed by atoms with Gasteiger partial charge in [-0.05, 0) is 99.6 Å². The van der Waals surface area contributed by atoms with Gasteiger partial charge in [-0.1, -0.05) is 182 Å². The van der Waals surface area contributed by atoms with Crippen LogP contribution in [-0.2, 0) is 6.42 Å². The molecule has 12 aromatic rings. The Bertz CT molecular complexity index is 3810. The van der Waals surface area contributed by atoms with Gasteiger partial charge in [-0.3, -0.25) is 0 Å². The van der Waals surface area contributed by atoms with Gasteiger partial charge in [-0.15, -0.1) is 0 Å². The van der Waals surface area contributed by atoms with Crippen molar-refractivity contribution >= 4 is 77.3 Å². The van der Waals surface area contributed by atoms with E-state index in [0.29, 0.717) is 0 Å². The average molecular weight is 832 g/mol. The fraction of sp³-hybridized carbons (Fsp3) is 0.0323. The minimum atomic E-state index is 0.881. The van der Waals surface area contributed by atoms with Gasteiger partial charge in [0.1, 0.15) is 22.3 Å². The summed E-state index contributed by atoms with van der Waals surface area (Å²) in [4.78, 5) is 2.37. The molecule has 2 aromatic heterocycles. The van der Waals surface area contributed by atoms with Crippen LogP contribution in [0.25, 0.3) is 93.6 Å². The Hall–Kier alpha value is -8.40. The average Bonchev–Trinajstić information content (AvgIpc) is 3.96. The van der Waals surface area contributed by atoms with Crippen LogP contribution in [0, 0.1) is 0 Å².